The monoisotopic (exact) mass is 293 g/mol. The number of nitrogens with zero attached hydrogens (tertiary/aromatic N) is 1. The van der Waals surface area contributed by atoms with Gasteiger partial charge in [-0.15, -0.1) is 11.8 Å². The van der Waals surface area contributed by atoms with Crippen molar-refractivity contribution in [2.45, 2.75) is 16.9 Å². The summed E-state index contributed by atoms with van der Waals surface area (Å²) in [6.45, 7) is 0. The molecule has 2 atom stereocenters. The second-order valence-electron chi connectivity index (χ2n) is 5.34. The van der Waals surface area contributed by atoms with Gasteiger partial charge in [0.05, 0.1) is 6.10 Å². The van der Waals surface area contributed by atoms with Crippen LogP contribution >= 0.6 is 11.8 Å². The molecule has 1 aromatic heterocycles. The van der Waals surface area contributed by atoms with Gasteiger partial charge in [0.15, 0.2) is 0 Å². The first kappa shape index (κ1) is 12.9. The van der Waals surface area contributed by atoms with Crippen molar-refractivity contribution in [3.05, 3.63) is 72.1 Å². The van der Waals surface area contributed by atoms with Crippen LogP contribution in [-0.4, -0.2) is 15.8 Å². The zero-order valence-electron chi connectivity index (χ0n) is 11.4. The molecule has 1 N–H and O–H groups in total. The van der Waals surface area contributed by atoms with Crippen LogP contribution in [0.25, 0.3) is 10.8 Å². The smallest absolute Gasteiger partial charge is 0.0873 e. The van der Waals surface area contributed by atoms with E-state index in [9.17, 15) is 5.11 Å². The van der Waals surface area contributed by atoms with Gasteiger partial charge in [-0.3, -0.25) is 4.98 Å². The van der Waals surface area contributed by atoms with Crippen molar-refractivity contribution < 1.29 is 5.11 Å². The van der Waals surface area contributed by atoms with E-state index in [1.807, 2.05) is 36.2 Å². The van der Waals surface area contributed by atoms with Crippen LogP contribution in [-0.2, 0) is 0 Å². The lowest BCUT2D eigenvalue weighted by Crippen LogP contribution is -2.11. The number of benzene rings is 2. The van der Waals surface area contributed by atoms with E-state index < -0.39 is 6.10 Å². The van der Waals surface area contributed by atoms with E-state index in [-0.39, 0.29) is 5.92 Å². The summed E-state index contributed by atoms with van der Waals surface area (Å²) in [7, 11) is 0. The van der Waals surface area contributed by atoms with Crippen LogP contribution in [0.5, 0.6) is 0 Å². The fourth-order valence-electron chi connectivity index (χ4n) is 3.06. The molecule has 4 rings (SSSR count). The highest BCUT2D eigenvalue weighted by Gasteiger charge is 2.30. The summed E-state index contributed by atoms with van der Waals surface area (Å²) < 4.78 is 0. The SMILES string of the molecule is OC(c1cccc2ccncc12)C1CSc2ccccc21. The quantitative estimate of drug-likeness (QED) is 0.770. The standard InChI is InChI=1S/C18H15NOS/c20-18(16-11-21-17-7-2-1-5-13(16)17)14-6-3-4-12-8-9-19-10-15(12)14/h1-10,16,18,20H,11H2. The van der Waals surface area contributed by atoms with Crippen LogP contribution in [0.15, 0.2) is 65.8 Å². The summed E-state index contributed by atoms with van der Waals surface area (Å²) in [4.78, 5) is 5.50. The number of aliphatic hydroxyl groups is 1. The van der Waals surface area contributed by atoms with E-state index in [0.29, 0.717) is 0 Å². The van der Waals surface area contributed by atoms with Gasteiger partial charge in [-0.2, -0.15) is 0 Å². The molecule has 21 heavy (non-hydrogen) atoms. The molecular weight excluding hydrogens is 278 g/mol. The van der Waals surface area contributed by atoms with Crippen molar-refractivity contribution in [3.63, 3.8) is 0 Å². The van der Waals surface area contributed by atoms with Gasteiger partial charge in [0.2, 0.25) is 0 Å². The van der Waals surface area contributed by atoms with Crippen molar-refractivity contribution in [1.82, 2.24) is 4.98 Å². The van der Waals surface area contributed by atoms with Crippen LogP contribution < -0.4 is 0 Å². The third-order valence-electron chi connectivity index (χ3n) is 4.15. The summed E-state index contributed by atoms with van der Waals surface area (Å²) in [6, 6.07) is 16.4. The molecule has 0 radical (unpaired) electrons. The van der Waals surface area contributed by atoms with E-state index in [1.165, 1.54) is 10.5 Å². The molecule has 2 unspecified atom stereocenters. The highest BCUT2D eigenvalue weighted by atomic mass is 32.2. The molecular formula is C18H15NOS. The molecule has 3 heteroatoms. The third kappa shape index (κ3) is 2.13. The minimum absolute atomic E-state index is 0.150. The fourth-order valence-corrected chi connectivity index (χ4v) is 4.34. The maximum Gasteiger partial charge on any atom is 0.0873 e. The van der Waals surface area contributed by atoms with Crippen molar-refractivity contribution in [2.75, 3.05) is 5.75 Å². The van der Waals surface area contributed by atoms with E-state index in [2.05, 4.69) is 35.3 Å². The Kier molecular flexibility index (Phi) is 3.17. The highest BCUT2D eigenvalue weighted by molar-refractivity contribution is 7.99. The molecule has 1 aliphatic heterocycles. The van der Waals surface area contributed by atoms with Crippen LogP contribution in [0.3, 0.4) is 0 Å². The summed E-state index contributed by atoms with van der Waals surface area (Å²) in [5.41, 5.74) is 2.23. The Hall–Kier alpha value is -1.84. The van der Waals surface area contributed by atoms with Gasteiger partial charge in [-0.05, 0) is 28.6 Å². The molecule has 0 amide bonds. The number of fused-ring (bicyclic) bond motifs is 2. The Morgan fingerprint density at radius 1 is 1.10 bits per heavy atom. The Bertz CT molecular complexity index is 797. The molecule has 0 fully saturated rings. The molecule has 0 spiro atoms. The van der Waals surface area contributed by atoms with Crippen LogP contribution in [0.2, 0.25) is 0 Å². The molecule has 3 aromatic rings. The average molecular weight is 293 g/mol. The molecule has 104 valence electrons. The fraction of sp³-hybridized carbons (Fsp3) is 0.167. The normalized spacial score (nSPS) is 18.6. The minimum Gasteiger partial charge on any atom is -0.388 e. The summed E-state index contributed by atoms with van der Waals surface area (Å²) in [5, 5.41) is 13.1. The summed E-state index contributed by atoms with van der Waals surface area (Å²) in [6.07, 6.45) is 3.15. The van der Waals surface area contributed by atoms with Crippen LogP contribution in [0.1, 0.15) is 23.1 Å². The van der Waals surface area contributed by atoms with E-state index >= 15 is 0 Å². The molecule has 2 nitrogen and oxygen atoms in total. The van der Waals surface area contributed by atoms with Crippen molar-refractivity contribution in [2.24, 2.45) is 0 Å². The number of pyridine rings is 1. The van der Waals surface area contributed by atoms with Crippen molar-refractivity contribution in [3.8, 4) is 0 Å². The molecule has 0 saturated carbocycles. The molecule has 1 aliphatic rings. The topological polar surface area (TPSA) is 33.1 Å². The number of aromatic nitrogens is 1. The van der Waals surface area contributed by atoms with Gasteiger partial charge in [0.1, 0.15) is 0 Å². The molecule has 0 aliphatic carbocycles. The Labute approximate surface area is 127 Å². The third-order valence-corrected chi connectivity index (χ3v) is 5.36. The summed E-state index contributed by atoms with van der Waals surface area (Å²) in [5.74, 6) is 1.08. The molecule has 2 aromatic carbocycles. The van der Waals surface area contributed by atoms with Gasteiger partial charge in [-0.25, -0.2) is 0 Å². The first-order valence-corrected chi connectivity index (χ1v) is 8.05. The van der Waals surface area contributed by atoms with E-state index in [4.69, 9.17) is 0 Å². The largest absolute Gasteiger partial charge is 0.388 e. The molecule has 2 heterocycles. The van der Waals surface area contributed by atoms with Gasteiger partial charge >= 0.3 is 0 Å². The lowest BCUT2D eigenvalue weighted by Gasteiger charge is -2.20. The van der Waals surface area contributed by atoms with Crippen LogP contribution in [0.4, 0.5) is 0 Å². The Morgan fingerprint density at radius 3 is 2.95 bits per heavy atom. The van der Waals surface area contributed by atoms with E-state index in [0.717, 1.165) is 22.1 Å². The zero-order valence-corrected chi connectivity index (χ0v) is 12.3. The van der Waals surface area contributed by atoms with Gasteiger partial charge in [0, 0.05) is 34.3 Å². The predicted molar refractivity (Wildman–Crippen MR) is 86.6 cm³/mol. The first-order valence-electron chi connectivity index (χ1n) is 7.07. The van der Waals surface area contributed by atoms with Gasteiger partial charge < -0.3 is 5.11 Å². The zero-order chi connectivity index (χ0) is 14.2. The lowest BCUT2D eigenvalue weighted by molar-refractivity contribution is 0.155. The number of thioether (sulfide) groups is 1. The number of hydrogen-bond acceptors (Lipinski definition) is 3. The average Bonchev–Trinajstić information content (AvgIpc) is 2.98. The predicted octanol–water partition coefficient (Wildman–Crippen LogP) is 4.16. The van der Waals surface area contributed by atoms with Crippen molar-refractivity contribution in [1.29, 1.82) is 0 Å². The number of aliphatic hydroxyl groups excluding tert-OH is 1. The summed E-state index contributed by atoms with van der Waals surface area (Å²) >= 11 is 1.83. The second-order valence-corrected chi connectivity index (χ2v) is 6.41. The minimum atomic E-state index is -0.492. The van der Waals surface area contributed by atoms with Gasteiger partial charge in [-0.1, -0.05) is 36.4 Å². The first-order chi connectivity index (χ1) is 10.3. The lowest BCUT2D eigenvalue weighted by atomic mass is 9.89. The Morgan fingerprint density at radius 2 is 2.00 bits per heavy atom. The number of hydrogen-bond donors (Lipinski definition) is 1. The Balaban J connectivity index is 1.80. The number of rotatable bonds is 2. The molecule has 0 saturated heterocycles. The second kappa shape index (κ2) is 5.17. The van der Waals surface area contributed by atoms with Crippen LogP contribution in [0, 0.1) is 0 Å². The molecule has 0 bridgehead atoms. The van der Waals surface area contributed by atoms with Gasteiger partial charge in [0.25, 0.3) is 0 Å². The maximum absolute atomic E-state index is 10.9. The van der Waals surface area contributed by atoms with E-state index in [1.54, 1.807) is 6.20 Å². The van der Waals surface area contributed by atoms with Crippen molar-refractivity contribution >= 4 is 22.5 Å². The maximum atomic E-state index is 10.9. The highest BCUT2D eigenvalue weighted by Crippen LogP contribution is 2.46.